The maximum absolute atomic E-state index is 12.9. The van der Waals surface area contributed by atoms with Gasteiger partial charge >= 0.3 is 5.76 Å². The third kappa shape index (κ3) is 2.38. The van der Waals surface area contributed by atoms with Crippen molar-refractivity contribution in [2.24, 2.45) is 5.41 Å². The number of hydrogen-bond donors (Lipinski definition) is 1. The molecule has 1 unspecified atom stereocenters. The highest BCUT2D eigenvalue weighted by Gasteiger charge is 2.58. The number of nitrogens with zero attached hydrogens (tertiary/aromatic N) is 2. The summed E-state index contributed by atoms with van der Waals surface area (Å²) in [7, 11) is 0. The first kappa shape index (κ1) is 14.2. The first-order valence-electron chi connectivity index (χ1n) is 7.98. The fourth-order valence-electron chi connectivity index (χ4n) is 3.72. The Morgan fingerprint density at radius 2 is 2.17 bits per heavy atom. The van der Waals surface area contributed by atoms with Crippen molar-refractivity contribution in [3.63, 3.8) is 0 Å². The van der Waals surface area contributed by atoms with Gasteiger partial charge < -0.3 is 4.90 Å². The van der Waals surface area contributed by atoms with E-state index in [1.807, 2.05) is 23.1 Å². The summed E-state index contributed by atoms with van der Waals surface area (Å²) in [4.78, 5) is 28.5. The summed E-state index contributed by atoms with van der Waals surface area (Å²) < 4.78 is 4.56. The van der Waals surface area contributed by atoms with Crippen LogP contribution in [0.2, 0.25) is 0 Å². The molecule has 6 heteroatoms. The summed E-state index contributed by atoms with van der Waals surface area (Å²) in [5.74, 6) is 0.582. The zero-order valence-electron chi connectivity index (χ0n) is 13.0. The summed E-state index contributed by atoms with van der Waals surface area (Å²) in [5.41, 5.74) is 0.938. The molecular formula is C17H19N3O3. The number of carbonyl (C=O) groups is 1. The van der Waals surface area contributed by atoms with Gasteiger partial charge in [-0.3, -0.25) is 14.3 Å². The molecule has 1 aliphatic heterocycles. The first-order chi connectivity index (χ1) is 11.1. The summed E-state index contributed by atoms with van der Waals surface area (Å²) >= 11 is 0. The molecule has 1 aromatic heterocycles. The Hall–Kier alpha value is -2.37. The second kappa shape index (κ2) is 5.08. The van der Waals surface area contributed by atoms with E-state index < -0.39 is 5.76 Å². The summed E-state index contributed by atoms with van der Waals surface area (Å²) in [5, 5.41) is 3.75. The molecule has 2 aliphatic rings. The van der Waals surface area contributed by atoms with E-state index in [0.29, 0.717) is 24.8 Å². The van der Waals surface area contributed by atoms with Crippen LogP contribution in [0.4, 0.5) is 0 Å². The van der Waals surface area contributed by atoms with Crippen molar-refractivity contribution in [3.8, 4) is 0 Å². The quantitative estimate of drug-likeness (QED) is 0.938. The molecule has 23 heavy (non-hydrogen) atoms. The number of amides is 1. The number of hydrogen-bond acceptors (Lipinski definition) is 4. The third-order valence-electron chi connectivity index (χ3n) is 5.25. The molecule has 1 aromatic carbocycles. The molecule has 0 radical (unpaired) electrons. The maximum Gasteiger partial charge on any atom is 0.438 e. The van der Waals surface area contributed by atoms with Crippen LogP contribution in [-0.2, 0) is 4.79 Å². The Morgan fingerprint density at radius 1 is 1.39 bits per heavy atom. The van der Waals surface area contributed by atoms with Crippen molar-refractivity contribution in [1.29, 1.82) is 0 Å². The number of likely N-dealkylation sites (tertiary alicyclic amines) is 1. The lowest BCUT2D eigenvalue weighted by molar-refractivity contribution is -0.135. The average Bonchev–Trinajstić information content (AvgIpc) is 2.94. The minimum Gasteiger partial charge on any atom is -0.341 e. The predicted molar refractivity (Wildman–Crippen MR) is 83.0 cm³/mol. The summed E-state index contributed by atoms with van der Waals surface area (Å²) in [6.07, 6.45) is 1.71. The summed E-state index contributed by atoms with van der Waals surface area (Å²) in [6.45, 7) is 3.35. The number of aromatic nitrogens is 2. The molecule has 2 fully saturated rings. The molecule has 2 heterocycles. The van der Waals surface area contributed by atoms with Crippen molar-refractivity contribution in [3.05, 3.63) is 52.3 Å². The van der Waals surface area contributed by atoms with Crippen LogP contribution in [0, 0.1) is 5.41 Å². The van der Waals surface area contributed by atoms with Gasteiger partial charge in [-0.2, -0.15) is 0 Å². The van der Waals surface area contributed by atoms with Crippen LogP contribution >= 0.6 is 0 Å². The van der Waals surface area contributed by atoms with Crippen LogP contribution in [-0.4, -0.2) is 34.0 Å². The number of benzene rings is 1. The largest absolute Gasteiger partial charge is 0.438 e. The Morgan fingerprint density at radius 3 is 2.87 bits per heavy atom. The van der Waals surface area contributed by atoms with E-state index in [-0.39, 0.29) is 17.2 Å². The van der Waals surface area contributed by atoms with Crippen LogP contribution in [0.15, 0.2) is 39.6 Å². The molecule has 3 atom stereocenters. The Bertz CT molecular complexity index is 782. The molecule has 0 spiro atoms. The first-order valence-corrected chi connectivity index (χ1v) is 7.98. The molecule has 6 nitrogen and oxygen atoms in total. The van der Waals surface area contributed by atoms with E-state index in [9.17, 15) is 9.59 Å². The molecular weight excluding hydrogens is 294 g/mol. The van der Waals surface area contributed by atoms with Crippen LogP contribution in [0.25, 0.3) is 0 Å². The zero-order chi connectivity index (χ0) is 16.0. The van der Waals surface area contributed by atoms with Crippen molar-refractivity contribution in [2.75, 3.05) is 13.1 Å². The van der Waals surface area contributed by atoms with E-state index in [1.54, 1.807) is 0 Å². The molecule has 0 bridgehead atoms. The number of carbonyl (C=O) groups excluding carboxylic acids is 1. The smallest absolute Gasteiger partial charge is 0.341 e. The maximum atomic E-state index is 12.9. The highest BCUT2D eigenvalue weighted by molar-refractivity contribution is 5.87. The lowest BCUT2D eigenvalue weighted by Gasteiger charge is -2.21. The van der Waals surface area contributed by atoms with Gasteiger partial charge in [0.2, 0.25) is 5.91 Å². The highest BCUT2D eigenvalue weighted by atomic mass is 16.5. The van der Waals surface area contributed by atoms with Gasteiger partial charge in [-0.15, -0.1) is 0 Å². The number of rotatable bonds is 3. The van der Waals surface area contributed by atoms with Crippen LogP contribution in [0.1, 0.15) is 43.0 Å². The van der Waals surface area contributed by atoms with Crippen molar-refractivity contribution >= 4 is 5.91 Å². The fourth-order valence-corrected chi connectivity index (χ4v) is 3.72. The number of nitrogens with one attached hydrogen (secondary N) is 1. The van der Waals surface area contributed by atoms with Gasteiger partial charge in [0.1, 0.15) is 0 Å². The molecule has 2 aromatic rings. The minimum absolute atomic E-state index is 0.0583. The second-order valence-electron chi connectivity index (χ2n) is 6.80. The van der Waals surface area contributed by atoms with Gasteiger partial charge in [-0.1, -0.05) is 42.4 Å². The van der Waals surface area contributed by atoms with Crippen molar-refractivity contribution in [1.82, 2.24) is 15.0 Å². The fraction of sp³-hybridized carbons (Fsp3) is 0.471. The Balaban J connectivity index is 1.45. The predicted octanol–water partition coefficient (Wildman–Crippen LogP) is 1.87. The van der Waals surface area contributed by atoms with Gasteiger partial charge in [0.05, 0.1) is 5.41 Å². The van der Waals surface area contributed by atoms with Gasteiger partial charge in [0.25, 0.3) is 0 Å². The Kier molecular flexibility index (Phi) is 3.14. The topological polar surface area (TPSA) is 79.2 Å². The van der Waals surface area contributed by atoms with Crippen molar-refractivity contribution < 1.29 is 9.32 Å². The lowest BCUT2D eigenvalue weighted by atomic mass is 9.99. The zero-order valence-corrected chi connectivity index (χ0v) is 13.0. The minimum atomic E-state index is -0.539. The monoisotopic (exact) mass is 313 g/mol. The van der Waals surface area contributed by atoms with Crippen LogP contribution < -0.4 is 5.76 Å². The third-order valence-corrected chi connectivity index (χ3v) is 5.25. The normalized spacial score (nSPS) is 29.7. The van der Waals surface area contributed by atoms with E-state index in [4.69, 9.17) is 0 Å². The molecule has 1 N–H and O–H groups in total. The molecule has 1 amide bonds. The van der Waals surface area contributed by atoms with E-state index in [1.165, 1.54) is 5.56 Å². The van der Waals surface area contributed by atoms with E-state index in [0.717, 1.165) is 12.8 Å². The number of H-pyrrole nitrogens is 1. The molecule has 1 saturated carbocycles. The molecule has 120 valence electrons. The molecule has 1 saturated heterocycles. The molecule has 1 aliphatic carbocycles. The SMILES string of the molecule is C[C@]1(C(=O)N2CCC(c3noc(=O)[nH]3)C2)C[C@@H]1c1ccccc1. The van der Waals surface area contributed by atoms with E-state index >= 15 is 0 Å². The van der Waals surface area contributed by atoms with Crippen LogP contribution in [0.3, 0.4) is 0 Å². The highest BCUT2D eigenvalue weighted by Crippen LogP contribution is 2.60. The standard InChI is InChI=1S/C17H19N3O3/c1-17(9-13(17)11-5-3-2-4-6-11)15(21)20-8-7-12(10-20)14-18-16(22)23-19-14/h2-6,12-13H,7-10H2,1H3,(H,18,19,22)/t12?,13-,17+/m1/s1. The van der Waals surface area contributed by atoms with Gasteiger partial charge in [0.15, 0.2) is 5.82 Å². The van der Waals surface area contributed by atoms with Gasteiger partial charge in [-0.05, 0) is 24.3 Å². The molecule has 4 rings (SSSR count). The lowest BCUT2D eigenvalue weighted by Crippen LogP contribution is -2.35. The van der Waals surface area contributed by atoms with E-state index in [2.05, 4.69) is 33.7 Å². The number of aromatic amines is 1. The van der Waals surface area contributed by atoms with Gasteiger partial charge in [-0.25, -0.2) is 4.79 Å². The van der Waals surface area contributed by atoms with Gasteiger partial charge in [0, 0.05) is 19.0 Å². The Labute approximate surface area is 133 Å². The average molecular weight is 313 g/mol. The van der Waals surface area contributed by atoms with Crippen LogP contribution in [0.5, 0.6) is 0 Å². The van der Waals surface area contributed by atoms with Crippen molar-refractivity contribution in [2.45, 2.75) is 31.6 Å². The summed E-state index contributed by atoms with van der Waals surface area (Å²) in [6, 6.07) is 10.2. The second-order valence-corrected chi connectivity index (χ2v) is 6.80.